The van der Waals surface area contributed by atoms with Crippen molar-refractivity contribution in [3.05, 3.63) is 58.6 Å². The van der Waals surface area contributed by atoms with Crippen molar-refractivity contribution in [1.29, 1.82) is 0 Å². The molecule has 0 aliphatic carbocycles. The van der Waals surface area contributed by atoms with Crippen molar-refractivity contribution in [2.75, 3.05) is 5.32 Å². The van der Waals surface area contributed by atoms with Crippen LogP contribution in [0, 0.1) is 19.7 Å². The molecule has 114 valence electrons. The van der Waals surface area contributed by atoms with Gasteiger partial charge in [-0.05, 0) is 25.5 Å². The van der Waals surface area contributed by atoms with Crippen molar-refractivity contribution < 1.29 is 13.3 Å². The highest BCUT2D eigenvalue weighted by Crippen LogP contribution is 2.16. The van der Waals surface area contributed by atoms with Crippen LogP contribution in [0.25, 0.3) is 0 Å². The van der Waals surface area contributed by atoms with Crippen molar-refractivity contribution in [2.24, 2.45) is 0 Å². The number of benzene rings is 1. The van der Waals surface area contributed by atoms with Crippen molar-refractivity contribution >= 4 is 6.01 Å². The van der Waals surface area contributed by atoms with Crippen LogP contribution >= 0.6 is 0 Å². The Balaban J connectivity index is 1.66. The molecular weight excluding hydrogens is 287 g/mol. The average molecular weight is 302 g/mol. The molecule has 0 bridgehead atoms. The van der Waals surface area contributed by atoms with E-state index in [-0.39, 0.29) is 18.3 Å². The second-order valence-corrected chi connectivity index (χ2v) is 4.93. The standard InChI is InChI=1S/C15H15FN4O2/c1-9-12(10(2)22-20-9)8-17-15-19-18-14(21-15)7-11-5-3-4-6-13(11)16/h3-6H,7-8H2,1-2H3,(H,17,19). The Morgan fingerprint density at radius 3 is 2.73 bits per heavy atom. The summed E-state index contributed by atoms with van der Waals surface area (Å²) in [5.41, 5.74) is 2.29. The zero-order chi connectivity index (χ0) is 15.5. The third-order valence-corrected chi connectivity index (χ3v) is 3.36. The van der Waals surface area contributed by atoms with Crippen molar-refractivity contribution in [2.45, 2.75) is 26.8 Å². The summed E-state index contributed by atoms with van der Waals surface area (Å²) in [5, 5.41) is 14.7. The predicted molar refractivity (Wildman–Crippen MR) is 76.8 cm³/mol. The van der Waals surface area contributed by atoms with Gasteiger partial charge in [-0.15, -0.1) is 5.10 Å². The van der Waals surface area contributed by atoms with E-state index in [1.165, 1.54) is 6.07 Å². The fourth-order valence-corrected chi connectivity index (χ4v) is 2.12. The van der Waals surface area contributed by atoms with Gasteiger partial charge in [0.05, 0.1) is 12.1 Å². The van der Waals surface area contributed by atoms with Crippen LogP contribution in [0.1, 0.15) is 28.5 Å². The maximum absolute atomic E-state index is 13.6. The zero-order valence-corrected chi connectivity index (χ0v) is 12.3. The highest BCUT2D eigenvalue weighted by molar-refractivity contribution is 5.28. The Bertz CT molecular complexity index is 762. The van der Waals surface area contributed by atoms with Gasteiger partial charge in [0.1, 0.15) is 11.6 Å². The first kappa shape index (κ1) is 14.2. The first-order chi connectivity index (χ1) is 10.6. The van der Waals surface area contributed by atoms with E-state index in [1.54, 1.807) is 18.2 Å². The fraction of sp³-hybridized carbons (Fsp3) is 0.267. The maximum Gasteiger partial charge on any atom is 0.315 e. The smallest absolute Gasteiger partial charge is 0.315 e. The molecule has 1 N–H and O–H groups in total. The normalized spacial score (nSPS) is 10.9. The Labute approximate surface area is 126 Å². The predicted octanol–water partition coefficient (Wildman–Crippen LogP) is 3.02. The van der Waals surface area contributed by atoms with Gasteiger partial charge in [0.2, 0.25) is 5.89 Å². The molecule has 2 aromatic heterocycles. The molecule has 0 saturated carbocycles. The Hall–Kier alpha value is -2.70. The monoisotopic (exact) mass is 302 g/mol. The number of hydrogen-bond donors (Lipinski definition) is 1. The number of rotatable bonds is 5. The van der Waals surface area contributed by atoms with E-state index >= 15 is 0 Å². The number of hydrogen-bond acceptors (Lipinski definition) is 6. The zero-order valence-electron chi connectivity index (χ0n) is 12.3. The Morgan fingerprint density at radius 1 is 1.18 bits per heavy atom. The molecule has 0 unspecified atom stereocenters. The first-order valence-electron chi connectivity index (χ1n) is 6.85. The summed E-state index contributed by atoms with van der Waals surface area (Å²) in [5.74, 6) is 0.813. The summed E-state index contributed by atoms with van der Waals surface area (Å²) in [7, 11) is 0. The van der Waals surface area contributed by atoms with E-state index in [2.05, 4.69) is 20.7 Å². The van der Waals surface area contributed by atoms with Crippen LogP contribution in [-0.4, -0.2) is 15.4 Å². The van der Waals surface area contributed by atoms with Crippen LogP contribution in [0.5, 0.6) is 0 Å². The number of anilines is 1. The third kappa shape index (κ3) is 2.98. The molecule has 0 saturated heterocycles. The van der Waals surface area contributed by atoms with Gasteiger partial charge < -0.3 is 14.3 Å². The van der Waals surface area contributed by atoms with Gasteiger partial charge in [0.25, 0.3) is 0 Å². The van der Waals surface area contributed by atoms with Crippen LogP contribution in [0.2, 0.25) is 0 Å². The van der Waals surface area contributed by atoms with E-state index in [4.69, 9.17) is 8.94 Å². The molecular formula is C15H15FN4O2. The van der Waals surface area contributed by atoms with Crippen molar-refractivity contribution in [3.63, 3.8) is 0 Å². The number of nitrogens with zero attached hydrogens (tertiary/aromatic N) is 3. The summed E-state index contributed by atoms with van der Waals surface area (Å²) in [6.45, 7) is 4.18. The van der Waals surface area contributed by atoms with Gasteiger partial charge in [-0.3, -0.25) is 0 Å². The number of aromatic nitrogens is 3. The molecule has 3 rings (SSSR count). The van der Waals surface area contributed by atoms with E-state index in [9.17, 15) is 4.39 Å². The Morgan fingerprint density at radius 2 is 2.00 bits per heavy atom. The lowest BCUT2D eigenvalue weighted by molar-refractivity contribution is 0.392. The highest BCUT2D eigenvalue weighted by Gasteiger charge is 2.12. The molecule has 0 spiro atoms. The molecule has 0 amide bonds. The number of aryl methyl sites for hydroxylation is 2. The number of halogens is 1. The first-order valence-corrected chi connectivity index (χ1v) is 6.85. The lowest BCUT2D eigenvalue weighted by Gasteiger charge is -2.00. The molecule has 0 aliphatic rings. The van der Waals surface area contributed by atoms with Crippen molar-refractivity contribution in [1.82, 2.24) is 15.4 Å². The van der Waals surface area contributed by atoms with E-state index < -0.39 is 0 Å². The minimum Gasteiger partial charge on any atom is -0.408 e. The van der Waals surface area contributed by atoms with Gasteiger partial charge in [-0.2, -0.15) is 0 Å². The topological polar surface area (TPSA) is 77.0 Å². The van der Waals surface area contributed by atoms with Gasteiger partial charge >= 0.3 is 6.01 Å². The number of nitrogens with one attached hydrogen (secondary N) is 1. The molecule has 2 heterocycles. The summed E-state index contributed by atoms with van der Waals surface area (Å²) in [6.07, 6.45) is 0.257. The quantitative estimate of drug-likeness (QED) is 0.780. The fourth-order valence-electron chi connectivity index (χ4n) is 2.12. The van der Waals surface area contributed by atoms with Crippen LogP contribution in [0.15, 0.2) is 33.2 Å². The van der Waals surface area contributed by atoms with E-state index in [0.717, 1.165) is 17.0 Å². The highest BCUT2D eigenvalue weighted by atomic mass is 19.1. The second-order valence-electron chi connectivity index (χ2n) is 4.93. The molecule has 0 fully saturated rings. The summed E-state index contributed by atoms with van der Waals surface area (Å²) >= 11 is 0. The van der Waals surface area contributed by atoms with Crippen molar-refractivity contribution in [3.8, 4) is 0 Å². The third-order valence-electron chi connectivity index (χ3n) is 3.36. The van der Waals surface area contributed by atoms with E-state index in [0.29, 0.717) is 18.0 Å². The lowest BCUT2D eigenvalue weighted by atomic mass is 10.1. The molecule has 0 aliphatic heterocycles. The Kier molecular flexibility index (Phi) is 3.86. The van der Waals surface area contributed by atoms with Crippen LogP contribution < -0.4 is 5.32 Å². The minimum absolute atomic E-state index is 0.257. The largest absolute Gasteiger partial charge is 0.408 e. The molecule has 0 radical (unpaired) electrons. The van der Waals surface area contributed by atoms with Crippen LogP contribution in [0.4, 0.5) is 10.4 Å². The molecule has 22 heavy (non-hydrogen) atoms. The lowest BCUT2D eigenvalue weighted by Crippen LogP contribution is -2.01. The maximum atomic E-state index is 13.6. The molecule has 6 nitrogen and oxygen atoms in total. The van der Waals surface area contributed by atoms with Gasteiger partial charge in [-0.1, -0.05) is 28.5 Å². The molecule has 3 aromatic rings. The summed E-state index contributed by atoms with van der Waals surface area (Å²) in [6, 6.07) is 6.79. The van der Waals surface area contributed by atoms with Gasteiger partial charge in [-0.25, -0.2) is 4.39 Å². The summed E-state index contributed by atoms with van der Waals surface area (Å²) < 4.78 is 24.1. The van der Waals surface area contributed by atoms with Crippen LogP contribution in [-0.2, 0) is 13.0 Å². The average Bonchev–Trinajstić information content (AvgIpc) is 3.07. The van der Waals surface area contributed by atoms with Crippen LogP contribution in [0.3, 0.4) is 0 Å². The molecule has 7 heteroatoms. The van der Waals surface area contributed by atoms with E-state index in [1.807, 2.05) is 13.8 Å². The minimum atomic E-state index is -0.286. The molecule has 1 aromatic carbocycles. The SMILES string of the molecule is Cc1noc(C)c1CNc1nnc(Cc2ccccc2F)o1. The van der Waals surface area contributed by atoms with Gasteiger partial charge in [0.15, 0.2) is 0 Å². The second kappa shape index (κ2) is 5.97. The van der Waals surface area contributed by atoms with Gasteiger partial charge in [0, 0.05) is 12.1 Å². The summed E-state index contributed by atoms with van der Waals surface area (Å²) in [4.78, 5) is 0. The molecule has 0 atom stereocenters.